The lowest BCUT2D eigenvalue weighted by Crippen LogP contribution is -2.33. The molecule has 0 aliphatic rings. The Kier molecular flexibility index (Phi) is 12.8. The van der Waals surface area contributed by atoms with Crippen molar-refractivity contribution in [3.63, 3.8) is 0 Å². The number of carbonyl (C=O) groups is 3. The Labute approximate surface area is 203 Å². The fourth-order valence-electron chi connectivity index (χ4n) is 2.48. The number of nitrogens with zero attached hydrogens (tertiary/aromatic N) is 3. The van der Waals surface area contributed by atoms with Gasteiger partial charge in [-0.1, -0.05) is 30.3 Å². The van der Waals surface area contributed by atoms with E-state index in [0.717, 1.165) is 5.56 Å². The predicted molar refractivity (Wildman–Crippen MR) is 120 cm³/mol. The van der Waals surface area contributed by atoms with Crippen LogP contribution in [0, 0.1) is 0 Å². The lowest BCUT2D eigenvalue weighted by molar-refractivity contribution is -0.137. The molecule has 3 N–H and O–H groups in total. The molecule has 14 heteroatoms. The number of carboxylic acids is 1. The number of carbonyl (C=O) groups excluding carboxylic acids is 1. The van der Waals surface area contributed by atoms with Gasteiger partial charge in [-0.25, -0.2) is 13.9 Å². The van der Waals surface area contributed by atoms with E-state index in [1.165, 1.54) is 21.8 Å². The number of nitrogens with one attached hydrogen (secondary N) is 1. The number of rotatable bonds is 11. The van der Waals surface area contributed by atoms with Crippen LogP contribution < -0.4 is 15.6 Å². The van der Waals surface area contributed by atoms with Crippen molar-refractivity contribution in [2.24, 2.45) is 0 Å². The molecule has 11 nitrogen and oxygen atoms in total. The van der Waals surface area contributed by atoms with E-state index in [1.807, 2.05) is 30.3 Å². The van der Waals surface area contributed by atoms with Crippen LogP contribution in [0.15, 0.2) is 59.3 Å². The van der Waals surface area contributed by atoms with E-state index in [1.54, 1.807) is 12.2 Å². The summed E-state index contributed by atoms with van der Waals surface area (Å²) in [5.74, 6) is -3.96. The maximum atomic E-state index is 12.0. The van der Waals surface area contributed by atoms with E-state index in [0.29, 0.717) is 18.8 Å². The number of benzene rings is 1. The van der Waals surface area contributed by atoms with Crippen LogP contribution >= 0.6 is 0 Å². The van der Waals surface area contributed by atoms with E-state index in [9.17, 15) is 32.3 Å². The first-order chi connectivity index (χ1) is 17.0. The second-order valence-corrected chi connectivity index (χ2v) is 6.90. The third kappa shape index (κ3) is 11.7. The number of carboxylic acid groups (broad SMARTS) is 2. The maximum absolute atomic E-state index is 12.0. The van der Waals surface area contributed by atoms with Crippen molar-refractivity contribution in [3.8, 4) is 5.75 Å². The van der Waals surface area contributed by atoms with Gasteiger partial charge in [0, 0.05) is 12.6 Å². The number of likely N-dealkylation sites (N-methyl/N-ethyl adjacent to an activating group) is 1. The number of aromatic nitrogens is 2. The zero-order valence-electron chi connectivity index (χ0n) is 19.2. The van der Waals surface area contributed by atoms with Gasteiger partial charge < -0.3 is 25.2 Å². The number of hydrogen-bond acceptors (Lipinski definition) is 6. The highest BCUT2D eigenvalue weighted by Gasteiger charge is 2.12. The van der Waals surface area contributed by atoms with Gasteiger partial charge in [-0.3, -0.25) is 14.4 Å². The Morgan fingerprint density at radius 3 is 2.33 bits per heavy atom. The first-order valence-corrected chi connectivity index (χ1v) is 10.4. The fraction of sp³-hybridized carbons (Fsp3) is 0.318. The van der Waals surface area contributed by atoms with Gasteiger partial charge >= 0.3 is 18.1 Å². The molecular formula is C22H25F3N4O7. The number of ether oxygens (including phenoxy) is 1. The number of aliphatic carboxylic acids is 1. The van der Waals surface area contributed by atoms with E-state index in [-0.39, 0.29) is 18.7 Å². The zero-order valence-corrected chi connectivity index (χ0v) is 19.2. The molecular weight excluding hydrogens is 489 g/mol. The van der Waals surface area contributed by atoms with Crippen molar-refractivity contribution in [2.75, 3.05) is 26.2 Å². The second-order valence-electron chi connectivity index (χ2n) is 6.90. The Bertz CT molecular complexity index is 1110. The molecule has 0 aliphatic heterocycles. The molecule has 0 saturated heterocycles. The van der Waals surface area contributed by atoms with Gasteiger partial charge in [0.2, 0.25) is 5.91 Å². The van der Waals surface area contributed by atoms with Crippen LogP contribution in [0.25, 0.3) is 0 Å². The van der Waals surface area contributed by atoms with E-state index in [2.05, 4.69) is 5.10 Å². The lowest BCUT2D eigenvalue weighted by atomic mass is 10.2. The van der Waals surface area contributed by atoms with Crippen molar-refractivity contribution >= 4 is 18.0 Å². The monoisotopic (exact) mass is 514 g/mol. The summed E-state index contributed by atoms with van der Waals surface area (Å²) < 4.78 is 41.6. The smallest absolute Gasteiger partial charge is 0.407 e. The van der Waals surface area contributed by atoms with Gasteiger partial charge in [0.05, 0.1) is 25.7 Å². The molecule has 1 aromatic heterocycles. The average molecular weight is 514 g/mol. The topological polar surface area (TPSA) is 151 Å². The molecule has 1 aromatic carbocycles. The molecule has 2 aromatic rings. The van der Waals surface area contributed by atoms with Crippen LogP contribution in [-0.4, -0.2) is 69.1 Å². The normalized spacial score (nSPS) is 9.89. The molecule has 0 spiro atoms. The molecule has 2 amide bonds. The zero-order chi connectivity index (χ0) is 27.1. The van der Waals surface area contributed by atoms with Crippen LogP contribution in [0.4, 0.5) is 18.0 Å². The van der Waals surface area contributed by atoms with Gasteiger partial charge in [-0.15, -0.1) is 0 Å². The van der Waals surface area contributed by atoms with E-state index in [4.69, 9.17) is 14.9 Å². The van der Waals surface area contributed by atoms with Gasteiger partial charge in [0.25, 0.3) is 5.56 Å². The summed E-state index contributed by atoms with van der Waals surface area (Å²) in [6.07, 6.45) is -3.25. The SMILES string of the molecule is CCN(CCOc1cnn(Cc2ccccc2)c(=O)c1)C(=O)O.O=C(O)CNC(=O)CC(F)=C(F)F. The van der Waals surface area contributed by atoms with Gasteiger partial charge in [-0.05, 0) is 12.5 Å². The summed E-state index contributed by atoms with van der Waals surface area (Å²) in [4.78, 5) is 44.4. The lowest BCUT2D eigenvalue weighted by Gasteiger charge is -2.16. The summed E-state index contributed by atoms with van der Waals surface area (Å²) in [5.41, 5.74) is 0.716. The first kappa shape index (κ1) is 29.7. The number of amides is 2. The number of hydrogen-bond donors (Lipinski definition) is 3. The molecule has 0 fully saturated rings. The minimum absolute atomic E-state index is 0.171. The Morgan fingerprint density at radius 1 is 1.14 bits per heavy atom. The Hall–Kier alpha value is -4.36. The molecule has 0 aliphatic carbocycles. The molecule has 0 unspecified atom stereocenters. The summed E-state index contributed by atoms with van der Waals surface area (Å²) >= 11 is 0. The average Bonchev–Trinajstić information content (AvgIpc) is 2.83. The molecule has 2 rings (SSSR count). The van der Waals surface area contributed by atoms with Crippen LogP contribution in [0.5, 0.6) is 5.75 Å². The minimum Gasteiger partial charge on any atom is -0.490 e. The summed E-state index contributed by atoms with van der Waals surface area (Å²) in [6, 6.07) is 10.9. The van der Waals surface area contributed by atoms with Crippen LogP contribution in [0.3, 0.4) is 0 Å². The Morgan fingerprint density at radius 2 is 1.81 bits per heavy atom. The highest BCUT2D eigenvalue weighted by Crippen LogP contribution is 2.12. The summed E-state index contributed by atoms with van der Waals surface area (Å²) in [6.45, 7) is 2.21. The predicted octanol–water partition coefficient (Wildman–Crippen LogP) is 2.33. The molecule has 36 heavy (non-hydrogen) atoms. The largest absolute Gasteiger partial charge is 0.490 e. The highest BCUT2D eigenvalue weighted by molar-refractivity contribution is 5.82. The number of halogens is 3. The first-order valence-electron chi connectivity index (χ1n) is 10.4. The van der Waals surface area contributed by atoms with Crippen molar-refractivity contribution in [3.05, 3.63) is 70.4 Å². The van der Waals surface area contributed by atoms with Crippen LogP contribution in [0.1, 0.15) is 18.9 Å². The third-order valence-electron chi connectivity index (χ3n) is 4.26. The molecule has 0 bridgehead atoms. The van der Waals surface area contributed by atoms with Crippen molar-refractivity contribution in [1.82, 2.24) is 20.0 Å². The molecule has 0 saturated carbocycles. The molecule has 1 heterocycles. The van der Waals surface area contributed by atoms with Crippen molar-refractivity contribution < 1.29 is 42.5 Å². The van der Waals surface area contributed by atoms with E-state index < -0.39 is 42.8 Å². The minimum atomic E-state index is -2.58. The summed E-state index contributed by atoms with van der Waals surface area (Å²) in [5, 5.41) is 22.7. The van der Waals surface area contributed by atoms with Crippen LogP contribution in [0.2, 0.25) is 0 Å². The van der Waals surface area contributed by atoms with Crippen LogP contribution in [-0.2, 0) is 16.1 Å². The van der Waals surface area contributed by atoms with Crippen molar-refractivity contribution in [1.29, 1.82) is 0 Å². The highest BCUT2D eigenvalue weighted by atomic mass is 19.3. The Balaban J connectivity index is 0.000000426. The standard InChI is InChI=1S/C16H19N3O4.C6H6F3NO3/c1-2-18(16(21)22)8-9-23-14-10-15(20)19(17-11-14)12-13-6-4-3-5-7-13;7-3(6(8)9)1-4(11)10-2-5(12)13/h3-7,10-11H,2,8-9,12H2,1H3,(H,21,22);1-2H2,(H,10,11)(H,12,13). The van der Waals surface area contributed by atoms with E-state index >= 15 is 0 Å². The molecule has 0 atom stereocenters. The quantitative estimate of drug-likeness (QED) is 0.413. The van der Waals surface area contributed by atoms with Gasteiger partial charge in [-0.2, -0.15) is 13.9 Å². The van der Waals surface area contributed by atoms with Gasteiger partial charge in [0.1, 0.15) is 18.9 Å². The fourth-order valence-corrected chi connectivity index (χ4v) is 2.48. The molecule has 196 valence electrons. The second kappa shape index (κ2) is 15.5. The maximum Gasteiger partial charge on any atom is 0.407 e. The summed E-state index contributed by atoms with van der Waals surface area (Å²) in [7, 11) is 0. The third-order valence-corrected chi connectivity index (χ3v) is 4.26. The van der Waals surface area contributed by atoms with Crippen molar-refractivity contribution in [2.45, 2.75) is 19.9 Å². The van der Waals surface area contributed by atoms with Gasteiger partial charge in [0.15, 0.2) is 5.83 Å². The molecule has 0 radical (unpaired) electrons.